The van der Waals surface area contributed by atoms with Crippen molar-refractivity contribution >= 4 is 11.6 Å². The van der Waals surface area contributed by atoms with Crippen LogP contribution < -0.4 is 5.32 Å². The maximum atomic E-state index is 9.16. The van der Waals surface area contributed by atoms with E-state index < -0.39 is 0 Å². The maximum Gasteiger partial charge on any atom is 0.254 e. The number of aliphatic hydroxyl groups excluding tert-OH is 1. The molecule has 0 bridgehead atoms. The van der Waals surface area contributed by atoms with E-state index in [1.165, 1.54) is 6.33 Å². The van der Waals surface area contributed by atoms with E-state index in [-0.39, 0.29) is 12.6 Å². The number of hydrogen-bond donors (Lipinski definition) is 2. The second-order valence-electron chi connectivity index (χ2n) is 3.69. The number of aromatic nitrogens is 4. The first kappa shape index (κ1) is 10.8. The number of nitrogens with zero attached hydrogens (tertiary/aromatic N) is 4. The van der Waals surface area contributed by atoms with Gasteiger partial charge in [0.2, 0.25) is 0 Å². The van der Waals surface area contributed by atoms with Crippen LogP contribution in [0.4, 0.5) is 5.82 Å². The van der Waals surface area contributed by atoms with Gasteiger partial charge >= 0.3 is 0 Å². The highest BCUT2D eigenvalue weighted by Crippen LogP contribution is 2.12. The molecule has 1 unspecified atom stereocenters. The molecular weight excluding hydrogens is 206 g/mol. The molecular formula is C10H15N5O. The van der Waals surface area contributed by atoms with Gasteiger partial charge in [0, 0.05) is 11.8 Å². The molecule has 6 heteroatoms. The van der Waals surface area contributed by atoms with Gasteiger partial charge < -0.3 is 10.4 Å². The molecule has 0 fully saturated rings. The van der Waals surface area contributed by atoms with E-state index in [0.717, 1.165) is 17.9 Å². The van der Waals surface area contributed by atoms with Gasteiger partial charge in [-0.25, -0.2) is 4.98 Å². The summed E-state index contributed by atoms with van der Waals surface area (Å²) in [7, 11) is 0. The Labute approximate surface area is 93.3 Å². The van der Waals surface area contributed by atoms with Crippen LogP contribution in [0.5, 0.6) is 0 Å². The van der Waals surface area contributed by atoms with E-state index in [4.69, 9.17) is 5.11 Å². The van der Waals surface area contributed by atoms with Crippen LogP contribution >= 0.6 is 0 Å². The number of aliphatic hydroxyl groups is 1. The number of rotatable bonds is 4. The molecule has 2 aromatic heterocycles. The Morgan fingerprint density at radius 3 is 3.06 bits per heavy atom. The lowest BCUT2D eigenvalue weighted by molar-refractivity contribution is 0.271. The summed E-state index contributed by atoms with van der Waals surface area (Å²) in [6.45, 7) is 4.01. The normalized spacial score (nSPS) is 12.9. The van der Waals surface area contributed by atoms with Crippen molar-refractivity contribution in [2.24, 2.45) is 0 Å². The van der Waals surface area contributed by atoms with E-state index >= 15 is 0 Å². The van der Waals surface area contributed by atoms with Crippen LogP contribution in [0.2, 0.25) is 0 Å². The summed E-state index contributed by atoms with van der Waals surface area (Å²) in [5, 5.41) is 16.5. The average molecular weight is 221 g/mol. The first-order valence-corrected chi connectivity index (χ1v) is 5.29. The molecule has 2 aromatic rings. The molecule has 0 radical (unpaired) electrons. The largest absolute Gasteiger partial charge is 0.394 e. The molecule has 0 amide bonds. The summed E-state index contributed by atoms with van der Waals surface area (Å²) in [5.41, 5.74) is 0.871. The fourth-order valence-corrected chi connectivity index (χ4v) is 1.52. The molecule has 0 saturated heterocycles. The van der Waals surface area contributed by atoms with Crippen LogP contribution in [-0.2, 0) is 0 Å². The quantitative estimate of drug-likeness (QED) is 0.791. The third-order valence-electron chi connectivity index (χ3n) is 2.45. The Morgan fingerprint density at radius 1 is 1.56 bits per heavy atom. The highest BCUT2D eigenvalue weighted by atomic mass is 16.3. The van der Waals surface area contributed by atoms with Gasteiger partial charge in [-0.1, -0.05) is 6.92 Å². The van der Waals surface area contributed by atoms with Crippen molar-refractivity contribution in [3.05, 3.63) is 18.1 Å². The van der Waals surface area contributed by atoms with Gasteiger partial charge in [0.15, 0.2) is 0 Å². The summed E-state index contributed by atoms with van der Waals surface area (Å²) in [5.74, 6) is 1.37. The van der Waals surface area contributed by atoms with E-state index in [1.54, 1.807) is 4.52 Å². The number of anilines is 1. The molecule has 6 nitrogen and oxygen atoms in total. The number of hydrogen-bond acceptors (Lipinski definition) is 5. The highest BCUT2D eigenvalue weighted by molar-refractivity contribution is 5.45. The van der Waals surface area contributed by atoms with Crippen LogP contribution in [0, 0.1) is 6.92 Å². The van der Waals surface area contributed by atoms with Crippen molar-refractivity contribution in [1.82, 2.24) is 19.6 Å². The number of fused-ring (bicyclic) bond motifs is 1. The lowest BCUT2D eigenvalue weighted by atomic mass is 10.2. The van der Waals surface area contributed by atoms with Crippen molar-refractivity contribution in [2.75, 3.05) is 11.9 Å². The van der Waals surface area contributed by atoms with Crippen LogP contribution in [-0.4, -0.2) is 37.3 Å². The number of nitrogens with one attached hydrogen (secondary N) is 1. The highest BCUT2D eigenvalue weighted by Gasteiger charge is 2.09. The van der Waals surface area contributed by atoms with E-state index in [2.05, 4.69) is 20.4 Å². The van der Waals surface area contributed by atoms with Gasteiger partial charge in [-0.3, -0.25) is 0 Å². The fraction of sp³-hybridized carbons (Fsp3) is 0.500. The van der Waals surface area contributed by atoms with Crippen LogP contribution in [0.25, 0.3) is 5.78 Å². The zero-order valence-electron chi connectivity index (χ0n) is 9.38. The summed E-state index contributed by atoms with van der Waals surface area (Å²) >= 11 is 0. The smallest absolute Gasteiger partial charge is 0.254 e. The molecule has 2 heterocycles. The Balaban J connectivity index is 2.38. The summed E-state index contributed by atoms with van der Waals surface area (Å²) < 4.78 is 1.63. The Morgan fingerprint density at radius 2 is 2.38 bits per heavy atom. The van der Waals surface area contributed by atoms with Crippen molar-refractivity contribution in [1.29, 1.82) is 0 Å². The molecule has 2 N–H and O–H groups in total. The molecule has 0 spiro atoms. The monoisotopic (exact) mass is 221 g/mol. The van der Waals surface area contributed by atoms with Gasteiger partial charge in [0.25, 0.3) is 5.78 Å². The van der Waals surface area contributed by atoms with Crippen LogP contribution in [0.1, 0.15) is 19.0 Å². The first-order chi connectivity index (χ1) is 7.74. The zero-order chi connectivity index (χ0) is 11.5. The molecule has 0 aliphatic carbocycles. The van der Waals surface area contributed by atoms with Crippen LogP contribution in [0.3, 0.4) is 0 Å². The minimum atomic E-state index is 0.0224. The summed E-state index contributed by atoms with van der Waals surface area (Å²) in [4.78, 5) is 8.28. The van der Waals surface area contributed by atoms with Crippen molar-refractivity contribution in [2.45, 2.75) is 26.3 Å². The van der Waals surface area contributed by atoms with E-state index in [0.29, 0.717) is 5.78 Å². The predicted octanol–water partition coefficient (Wildman–Crippen LogP) is 0.616. The third kappa shape index (κ3) is 1.96. The summed E-state index contributed by atoms with van der Waals surface area (Å²) in [6.07, 6.45) is 2.31. The second kappa shape index (κ2) is 4.44. The molecule has 2 rings (SSSR count). The van der Waals surface area contributed by atoms with E-state index in [9.17, 15) is 0 Å². The molecule has 0 saturated carbocycles. The third-order valence-corrected chi connectivity index (χ3v) is 2.45. The molecule has 0 aliphatic heterocycles. The first-order valence-electron chi connectivity index (χ1n) is 5.29. The SMILES string of the molecule is CCC(CO)Nc1cc(C)nc2ncnn12. The Kier molecular flexibility index (Phi) is 3.00. The van der Waals surface area contributed by atoms with Crippen molar-refractivity contribution < 1.29 is 5.11 Å². The zero-order valence-corrected chi connectivity index (χ0v) is 9.38. The van der Waals surface area contributed by atoms with Crippen molar-refractivity contribution in [3.8, 4) is 0 Å². The Hall–Kier alpha value is -1.69. The molecule has 16 heavy (non-hydrogen) atoms. The average Bonchev–Trinajstić information content (AvgIpc) is 2.73. The fourth-order valence-electron chi connectivity index (χ4n) is 1.52. The molecule has 0 aromatic carbocycles. The molecule has 0 aliphatic rings. The second-order valence-corrected chi connectivity index (χ2v) is 3.69. The standard InChI is InChI=1S/C10H15N5O/c1-3-8(5-16)14-9-4-7(2)13-10-11-6-12-15(9)10/h4,6,8,14,16H,3,5H2,1-2H3. The summed E-state index contributed by atoms with van der Waals surface area (Å²) in [6, 6.07) is 1.91. The van der Waals surface area contributed by atoms with Crippen LogP contribution in [0.15, 0.2) is 12.4 Å². The Bertz CT molecular complexity index is 477. The lowest BCUT2D eigenvalue weighted by Crippen LogP contribution is -2.24. The van der Waals surface area contributed by atoms with Gasteiger partial charge in [-0.2, -0.15) is 14.6 Å². The van der Waals surface area contributed by atoms with Gasteiger partial charge in [-0.05, 0) is 13.3 Å². The maximum absolute atomic E-state index is 9.16. The van der Waals surface area contributed by atoms with Gasteiger partial charge in [0.1, 0.15) is 12.1 Å². The van der Waals surface area contributed by atoms with Gasteiger partial charge in [0.05, 0.1) is 12.6 Å². The predicted molar refractivity (Wildman–Crippen MR) is 60.3 cm³/mol. The topological polar surface area (TPSA) is 75.3 Å². The van der Waals surface area contributed by atoms with E-state index in [1.807, 2.05) is 19.9 Å². The number of aryl methyl sites for hydroxylation is 1. The minimum Gasteiger partial charge on any atom is -0.394 e. The lowest BCUT2D eigenvalue weighted by Gasteiger charge is -2.16. The minimum absolute atomic E-state index is 0.0224. The van der Waals surface area contributed by atoms with Crippen molar-refractivity contribution in [3.63, 3.8) is 0 Å². The molecule has 1 atom stereocenters. The molecule has 86 valence electrons. The van der Waals surface area contributed by atoms with Gasteiger partial charge in [-0.15, -0.1) is 0 Å².